The van der Waals surface area contributed by atoms with E-state index in [0.29, 0.717) is 30.7 Å². The van der Waals surface area contributed by atoms with Crippen LogP contribution in [0.1, 0.15) is 32.3 Å². The molecule has 1 aromatic rings. The minimum atomic E-state index is -0.186. The zero-order chi connectivity index (χ0) is 14.5. The van der Waals surface area contributed by atoms with E-state index >= 15 is 0 Å². The summed E-state index contributed by atoms with van der Waals surface area (Å²) in [5, 5.41) is 12.6. The fourth-order valence-electron chi connectivity index (χ4n) is 2.49. The van der Waals surface area contributed by atoms with Gasteiger partial charge in [-0.2, -0.15) is 0 Å². The maximum absolute atomic E-state index is 14.2. The molecule has 0 atom stereocenters. The van der Waals surface area contributed by atoms with Crippen LogP contribution in [0.5, 0.6) is 0 Å². The third-order valence-electron chi connectivity index (χ3n) is 3.55. The molecule has 0 amide bonds. The van der Waals surface area contributed by atoms with Crippen molar-refractivity contribution < 1.29 is 9.50 Å². The molecule has 0 aromatic heterocycles. The van der Waals surface area contributed by atoms with Gasteiger partial charge in [0.15, 0.2) is 0 Å². The second-order valence-electron chi connectivity index (χ2n) is 5.92. The normalized spacial score (nSPS) is 14.8. The summed E-state index contributed by atoms with van der Waals surface area (Å²) >= 11 is 0. The number of nitrogens with one attached hydrogen (secondary N) is 1. The molecule has 1 saturated carbocycles. The molecule has 0 heterocycles. The molecule has 0 spiro atoms. The summed E-state index contributed by atoms with van der Waals surface area (Å²) < 4.78 is 14.2. The Hall–Kier alpha value is -1.13. The van der Waals surface area contributed by atoms with Gasteiger partial charge in [-0.15, -0.1) is 0 Å². The fourth-order valence-corrected chi connectivity index (χ4v) is 2.49. The summed E-state index contributed by atoms with van der Waals surface area (Å²) in [5.74, 6) is 0.387. The van der Waals surface area contributed by atoms with Gasteiger partial charge in [0.25, 0.3) is 0 Å². The first-order valence-electron chi connectivity index (χ1n) is 7.49. The topological polar surface area (TPSA) is 35.5 Å². The van der Waals surface area contributed by atoms with Crippen LogP contribution in [0.2, 0.25) is 0 Å². The summed E-state index contributed by atoms with van der Waals surface area (Å²) in [6.07, 6.45) is 2.18. The molecule has 0 radical (unpaired) electrons. The molecule has 20 heavy (non-hydrogen) atoms. The molecule has 1 fully saturated rings. The SMILES string of the molecule is CC(C)CNCc1cccc(F)c1N(CCO)C1CC1. The minimum Gasteiger partial charge on any atom is -0.395 e. The number of hydrogen-bond acceptors (Lipinski definition) is 3. The third-order valence-corrected chi connectivity index (χ3v) is 3.55. The van der Waals surface area contributed by atoms with Crippen LogP contribution in [0.3, 0.4) is 0 Å². The van der Waals surface area contributed by atoms with E-state index in [1.165, 1.54) is 6.07 Å². The van der Waals surface area contributed by atoms with Crippen LogP contribution < -0.4 is 10.2 Å². The predicted octanol–water partition coefficient (Wildman–Crippen LogP) is 2.53. The second kappa shape index (κ2) is 7.04. The first-order valence-corrected chi connectivity index (χ1v) is 7.49. The van der Waals surface area contributed by atoms with Crippen LogP contribution in [-0.2, 0) is 6.54 Å². The van der Waals surface area contributed by atoms with Gasteiger partial charge in [-0.05, 0) is 36.9 Å². The summed E-state index contributed by atoms with van der Waals surface area (Å²) in [6, 6.07) is 5.63. The Bertz CT molecular complexity index is 432. The largest absolute Gasteiger partial charge is 0.395 e. The van der Waals surface area contributed by atoms with Crippen molar-refractivity contribution in [3.05, 3.63) is 29.6 Å². The highest BCUT2D eigenvalue weighted by Gasteiger charge is 2.31. The van der Waals surface area contributed by atoms with E-state index in [2.05, 4.69) is 19.2 Å². The van der Waals surface area contributed by atoms with Gasteiger partial charge in [0.05, 0.1) is 12.3 Å². The molecule has 2 rings (SSSR count). The molecule has 4 heteroatoms. The quantitative estimate of drug-likeness (QED) is 0.768. The highest BCUT2D eigenvalue weighted by atomic mass is 19.1. The van der Waals surface area contributed by atoms with Gasteiger partial charge < -0.3 is 15.3 Å². The highest BCUT2D eigenvalue weighted by molar-refractivity contribution is 5.56. The lowest BCUT2D eigenvalue weighted by molar-refractivity contribution is 0.301. The second-order valence-corrected chi connectivity index (χ2v) is 5.92. The molecule has 1 aromatic carbocycles. The Morgan fingerprint density at radius 3 is 2.75 bits per heavy atom. The number of benzene rings is 1. The van der Waals surface area contributed by atoms with E-state index in [4.69, 9.17) is 0 Å². The van der Waals surface area contributed by atoms with E-state index in [1.807, 2.05) is 11.0 Å². The van der Waals surface area contributed by atoms with Gasteiger partial charge in [-0.25, -0.2) is 4.39 Å². The Morgan fingerprint density at radius 2 is 2.15 bits per heavy atom. The Morgan fingerprint density at radius 1 is 1.40 bits per heavy atom. The highest BCUT2D eigenvalue weighted by Crippen LogP contribution is 2.35. The lowest BCUT2D eigenvalue weighted by Gasteiger charge is -2.27. The van der Waals surface area contributed by atoms with Crippen LogP contribution >= 0.6 is 0 Å². The molecule has 1 aliphatic carbocycles. The monoisotopic (exact) mass is 280 g/mol. The lowest BCUT2D eigenvalue weighted by Crippen LogP contribution is -2.31. The Balaban J connectivity index is 2.16. The fraction of sp³-hybridized carbons (Fsp3) is 0.625. The third kappa shape index (κ3) is 3.93. The number of aliphatic hydroxyl groups is 1. The summed E-state index contributed by atoms with van der Waals surface area (Å²) in [7, 11) is 0. The van der Waals surface area contributed by atoms with Crippen molar-refractivity contribution in [1.29, 1.82) is 0 Å². The minimum absolute atomic E-state index is 0.0592. The van der Waals surface area contributed by atoms with Crippen LogP contribution in [-0.4, -0.2) is 30.8 Å². The van der Waals surface area contributed by atoms with Gasteiger partial charge in [0, 0.05) is 19.1 Å². The average molecular weight is 280 g/mol. The summed E-state index contributed by atoms with van der Waals surface area (Å²) in [5.41, 5.74) is 1.64. The number of anilines is 1. The van der Waals surface area contributed by atoms with Crippen molar-refractivity contribution in [2.45, 2.75) is 39.3 Å². The van der Waals surface area contributed by atoms with E-state index in [-0.39, 0.29) is 12.4 Å². The molecule has 112 valence electrons. The van der Waals surface area contributed by atoms with Crippen LogP contribution in [0.15, 0.2) is 18.2 Å². The molecule has 0 bridgehead atoms. The average Bonchev–Trinajstić information content (AvgIpc) is 3.21. The maximum Gasteiger partial charge on any atom is 0.146 e. The van der Waals surface area contributed by atoms with Gasteiger partial charge >= 0.3 is 0 Å². The molecule has 0 unspecified atom stereocenters. The van der Waals surface area contributed by atoms with Gasteiger partial charge in [-0.1, -0.05) is 26.0 Å². The van der Waals surface area contributed by atoms with Crippen LogP contribution in [0.4, 0.5) is 10.1 Å². The molecule has 0 saturated heterocycles. The Labute approximate surface area is 120 Å². The van der Waals surface area contributed by atoms with E-state index < -0.39 is 0 Å². The number of para-hydroxylation sites is 1. The molecule has 3 nitrogen and oxygen atoms in total. The number of rotatable bonds is 8. The molecule has 0 aliphatic heterocycles. The smallest absolute Gasteiger partial charge is 0.146 e. The van der Waals surface area contributed by atoms with Gasteiger partial charge in [-0.3, -0.25) is 0 Å². The lowest BCUT2D eigenvalue weighted by atomic mass is 10.1. The molecule has 1 aliphatic rings. The maximum atomic E-state index is 14.2. The first-order chi connectivity index (χ1) is 9.63. The van der Waals surface area contributed by atoms with Crippen molar-refractivity contribution in [2.24, 2.45) is 5.92 Å². The van der Waals surface area contributed by atoms with Gasteiger partial charge in [0.2, 0.25) is 0 Å². The number of halogens is 1. The van der Waals surface area contributed by atoms with Crippen molar-refractivity contribution in [3.63, 3.8) is 0 Å². The number of hydrogen-bond donors (Lipinski definition) is 2. The zero-order valence-electron chi connectivity index (χ0n) is 12.4. The van der Waals surface area contributed by atoms with Crippen molar-refractivity contribution in [3.8, 4) is 0 Å². The molecule has 2 N–H and O–H groups in total. The van der Waals surface area contributed by atoms with Crippen molar-refractivity contribution >= 4 is 5.69 Å². The van der Waals surface area contributed by atoms with Crippen molar-refractivity contribution in [1.82, 2.24) is 5.32 Å². The van der Waals surface area contributed by atoms with Crippen molar-refractivity contribution in [2.75, 3.05) is 24.6 Å². The number of nitrogens with zero attached hydrogens (tertiary/aromatic N) is 1. The van der Waals surface area contributed by atoms with E-state index in [9.17, 15) is 9.50 Å². The number of aliphatic hydroxyl groups excluding tert-OH is 1. The molecular formula is C16H25FN2O. The van der Waals surface area contributed by atoms with E-state index in [1.54, 1.807) is 6.07 Å². The summed E-state index contributed by atoms with van der Waals surface area (Å²) in [4.78, 5) is 2.03. The van der Waals surface area contributed by atoms with Crippen LogP contribution in [0.25, 0.3) is 0 Å². The Kier molecular flexibility index (Phi) is 5.38. The summed E-state index contributed by atoms with van der Waals surface area (Å²) in [6.45, 7) is 6.45. The predicted molar refractivity (Wildman–Crippen MR) is 80.4 cm³/mol. The van der Waals surface area contributed by atoms with Gasteiger partial charge in [0.1, 0.15) is 5.82 Å². The first kappa shape index (κ1) is 15.3. The zero-order valence-corrected chi connectivity index (χ0v) is 12.4. The van der Waals surface area contributed by atoms with Crippen LogP contribution in [0, 0.1) is 11.7 Å². The van der Waals surface area contributed by atoms with E-state index in [0.717, 1.165) is 24.9 Å². The molecular weight excluding hydrogens is 255 g/mol. The standard InChI is InChI=1S/C16H25FN2O/c1-12(2)10-18-11-13-4-3-5-15(17)16(13)19(8-9-20)14-6-7-14/h3-5,12,14,18,20H,6-11H2,1-2H3.